The highest BCUT2D eigenvalue weighted by molar-refractivity contribution is 9.10. The number of primary amides is 1. The van der Waals surface area contributed by atoms with Crippen LogP contribution >= 0.6 is 15.9 Å². The molecule has 3 nitrogen and oxygen atoms in total. The molecule has 4 heteroatoms. The molecule has 2 aromatic carbocycles. The maximum absolute atomic E-state index is 10.8. The van der Waals surface area contributed by atoms with Gasteiger partial charge in [-0.2, -0.15) is 0 Å². The van der Waals surface area contributed by atoms with Crippen LogP contribution in [0.5, 0.6) is 5.75 Å². The van der Waals surface area contributed by atoms with Crippen molar-refractivity contribution in [1.82, 2.24) is 0 Å². The van der Waals surface area contributed by atoms with E-state index in [1.54, 1.807) is 6.07 Å². The zero-order valence-electron chi connectivity index (χ0n) is 8.89. The van der Waals surface area contributed by atoms with Crippen molar-refractivity contribution in [3.63, 3.8) is 0 Å². The number of ether oxygens (including phenoxy) is 1. The molecule has 0 aromatic heterocycles. The number of benzene rings is 2. The fourth-order valence-corrected chi connectivity index (χ4v) is 1.89. The molecule has 0 bridgehead atoms. The van der Waals surface area contributed by atoms with Crippen LogP contribution in [-0.2, 0) is 0 Å². The van der Waals surface area contributed by atoms with Gasteiger partial charge in [0.15, 0.2) is 0 Å². The van der Waals surface area contributed by atoms with Gasteiger partial charge in [0.25, 0.3) is 0 Å². The second kappa shape index (κ2) is 5.01. The zero-order chi connectivity index (χ0) is 12.3. The second-order valence-corrected chi connectivity index (χ2v) is 4.34. The van der Waals surface area contributed by atoms with E-state index in [4.69, 9.17) is 10.5 Å². The van der Waals surface area contributed by atoms with Crippen molar-refractivity contribution < 1.29 is 9.53 Å². The summed E-state index contributed by atoms with van der Waals surface area (Å²) in [5, 5.41) is 0. The fourth-order valence-electron chi connectivity index (χ4n) is 1.55. The van der Waals surface area contributed by atoms with Gasteiger partial charge in [-0.15, -0.1) is 0 Å². The highest BCUT2D eigenvalue weighted by Crippen LogP contribution is 2.32. The Kier molecular flexibility index (Phi) is 3.44. The summed E-state index contributed by atoms with van der Waals surface area (Å²) in [4.78, 5) is 10.8. The van der Waals surface area contributed by atoms with Crippen molar-refractivity contribution in [3.8, 4) is 16.9 Å². The maximum Gasteiger partial charge on any atom is 0.409 e. The summed E-state index contributed by atoms with van der Waals surface area (Å²) in [6.45, 7) is 0. The van der Waals surface area contributed by atoms with Gasteiger partial charge in [-0.1, -0.05) is 46.3 Å². The van der Waals surface area contributed by atoms with Crippen LogP contribution < -0.4 is 10.5 Å². The Balaban J connectivity index is 2.50. The normalized spacial score (nSPS) is 9.94. The van der Waals surface area contributed by atoms with E-state index in [2.05, 4.69) is 15.9 Å². The average molecular weight is 292 g/mol. The summed E-state index contributed by atoms with van der Waals surface area (Å²) in [5.74, 6) is 0.443. The van der Waals surface area contributed by atoms with Crippen LogP contribution in [0.4, 0.5) is 4.79 Å². The molecule has 0 atom stereocenters. The highest BCUT2D eigenvalue weighted by Gasteiger charge is 2.09. The summed E-state index contributed by atoms with van der Waals surface area (Å²) < 4.78 is 5.82. The summed E-state index contributed by atoms with van der Waals surface area (Å²) in [6.07, 6.45) is -0.819. The molecule has 1 amide bonds. The number of hydrogen-bond acceptors (Lipinski definition) is 2. The molecule has 0 aliphatic rings. The number of carbonyl (C=O) groups excluding carboxylic acids is 1. The van der Waals surface area contributed by atoms with E-state index < -0.39 is 6.09 Å². The molecular formula is C13H10BrNO2. The number of halogens is 1. The summed E-state index contributed by atoms with van der Waals surface area (Å²) in [6, 6.07) is 15.1. The summed E-state index contributed by atoms with van der Waals surface area (Å²) in [5.41, 5.74) is 6.84. The van der Waals surface area contributed by atoms with Crippen molar-refractivity contribution in [3.05, 3.63) is 53.0 Å². The molecule has 86 valence electrons. The lowest BCUT2D eigenvalue weighted by Gasteiger charge is -2.09. The molecule has 0 aliphatic carbocycles. The Bertz CT molecular complexity index is 540. The highest BCUT2D eigenvalue weighted by atomic mass is 79.9. The lowest BCUT2D eigenvalue weighted by atomic mass is 10.1. The minimum absolute atomic E-state index is 0.443. The number of rotatable bonds is 2. The van der Waals surface area contributed by atoms with Gasteiger partial charge in [0, 0.05) is 10.0 Å². The minimum atomic E-state index is -0.819. The largest absolute Gasteiger partial charge is 0.410 e. The van der Waals surface area contributed by atoms with Gasteiger partial charge in [-0.25, -0.2) is 4.79 Å². The molecule has 0 heterocycles. The molecule has 0 aliphatic heterocycles. The molecule has 2 aromatic rings. The molecule has 0 radical (unpaired) electrons. The standard InChI is InChI=1S/C13H10BrNO2/c14-10-6-7-11(9-4-2-1-3-5-9)12(8-10)17-13(15)16/h1-8H,(H2,15,16). The van der Waals surface area contributed by atoms with E-state index in [1.165, 1.54) is 0 Å². The van der Waals surface area contributed by atoms with Crippen LogP contribution in [0, 0.1) is 0 Å². The third-order valence-electron chi connectivity index (χ3n) is 2.24. The first kappa shape index (κ1) is 11.7. The lowest BCUT2D eigenvalue weighted by molar-refractivity contribution is 0.211. The first-order chi connectivity index (χ1) is 8.16. The van der Waals surface area contributed by atoms with Gasteiger partial charge in [-0.3, -0.25) is 0 Å². The molecule has 17 heavy (non-hydrogen) atoms. The topological polar surface area (TPSA) is 52.3 Å². The first-order valence-corrected chi connectivity index (χ1v) is 5.78. The Morgan fingerprint density at radius 2 is 1.82 bits per heavy atom. The minimum Gasteiger partial charge on any atom is -0.410 e. The predicted molar refractivity (Wildman–Crippen MR) is 69.8 cm³/mol. The average Bonchev–Trinajstić information content (AvgIpc) is 2.29. The van der Waals surface area contributed by atoms with Crippen LogP contribution in [0.1, 0.15) is 0 Å². The van der Waals surface area contributed by atoms with Crippen LogP contribution in [0.3, 0.4) is 0 Å². The molecule has 0 fully saturated rings. The van der Waals surface area contributed by atoms with Crippen molar-refractivity contribution >= 4 is 22.0 Å². The van der Waals surface area contributed by atoms with Crippen LogP contribution in [0.2, 0.25) is 0 Å². The van der Waals surface area contributed by atoms with E-state index >= 15 is 0 Å². The zero-order valence-corrected chi connectivity index (χ0v) is 10.5. The predicted octanol–water partition coefficient (Wildman–Crippen LogP) is 3.57. The maximum atomic E-state index is 10.8. The number of amides is 1. The van der Waals surface area contributed by atoms with Gasteiger partial charge in [0.1, 0.15) is 5.75 Å². The molecular weight excluding hydrogens is 282 g/mol. The number of hydrogen-bond donors (Lipinski definition) is 1. The van der Waals surface area contributed by atoms with E-state index in [1.807, 2.05) is 42.5 Å². The Labute approximate surface area is 107 Å². The van der Waals surface area contributed by atoms with Gasteiger partial charge in [-0.05, 0) is 23.8 Å². The number of nitrogens with two attached hydrogens (primary N) is 1. The van der Waals surface area contributed by atoms with Gasteiger partial charge >= 0.3 is 6.09 Å². The third kappa shape index (κ3) is 2.85. The van der Waals surface area contributed by atoms with Crippen LogP contribution in [-0.4, -0.2) is 6.09 Å². The molecule has 2 N–H and O–H groups in total. The Morgan fingerprint density at radius 1 is 1.12 bits per heavy atom. The van der Waals surface area contributed by atoms with Gasteiger partial charge in [0.2, 0.25) is 0 Å². The van der Waals surface area contributed by atoms with E-state index in [0.717, 1.165) is 15.6 Å². The summed E-state index contributed by atoms with van der Waals surface area (Å²) >= 11 is 3.33. The smallest absolute Gasteiger partial charge is 0.409 e. The molecule has 0 spiro atoms. The fraction of sp³-hybridized carbons (Fsp3) is 0. The van der Waals surface area contributed by atoms with E-state index in [0.29, 0.717) is 5.75 Å². The van der Waals surface area contributed by atoms with E-state index in [9.17, 15) is 4.79 Å². The molecule has 2 rings (SSSR count). The van der Waals surface area contributed by atoms with E-state index in [-0.39, 0.29) is 0 Å². The van der Waals surface area contributed by atoms with Crippen molar-refractivity contribution in [2.75, 3.05) is 0 Å². The van der Waals surface area contributed by atoms with Crippen LogP contribution in [0.25, 0.3) is 11.1 Å². The third-order valence-corrected chi connectivity index (χ3v) is 2.73. The summed E-state index contributed by atoms with van der Waals surface area (Å²) in [7, 11) is 0. The number of carbonyl (C=O) groups is 1. The SMILES string of the molecule is NC(=O)Oc1cc(Br)ccc1-c1ccccc1. The van der Waals surface area contributed by atoms with Crippen molar-refractivity contribution in [2.24, 2.45) is 5.73 Å². The second-order valence-electron chi connectivity index (χ2n) is 3.43. The lowest BCUT2D eigenvalue weighted by Crippen LogP contribution is -2.16. The van der Waals surface area contributed by atoms with Gasteiger partial charge < -0.3 is 10.5 Å². The molecule has 0 saturated heterocycles. The van der Waals surface area contributed by atoms with Crippen molar-refractivity contribution in [2.45, 2.75) is 0 Å². The first-order valence-electron chi connectivity index (χ1n) is 4.99. The quantitative estimate of drug-likeness (QED) is 0.919. The Morgan fingerprint density at radius 3 is 2.47 bits per heavy atom. The van der Waals surface area contributed by atoms with Crippen molar-refractivity contribution in [1.29, 1.82) is 0 Å². The van der Waals surface area contributed by atoms with Crippen LogP contribution in [0.15, 0.2) is 53.0 Å². The van der Waals surface area contributed by atoms with Gasteiger partial charge in [0.05, 0.1) is 0 Å². The molecule has 0 saturated carbocycles. The monoisotopic (exact) mass is 291 g/mol. The molecule has 0 unspecified atom stereocenters. The Hall–Kier alpha value is -1.81.